The lowest BCUT2D eigenvalue weighted by molar-refractivity contribution is -0.132. The molecule has 1 heterocycles. The Morgan fingerprint density at radius 3 is 2.88 bits per heavy atom. The lowest BCUT2D eigenvalue weighted by atomic mass is 10.1. The maximum Gasteiger partial charge on any atom is 0.239 e. The quantitative estimate of drug-likeness (QED) is 0.806. The number of hydrogen-bond donors (Lipinski definition) is 1. The third kappa shape index (κ3) is 4.44. The van der Waals surface area contributed by atoms with Gasteiger partial charge in [-0.15, -0.1) is 11.3 Å². The van der Waals surface area contributed by atoms with Gasteiger partial charge in [0.1, 0.15) is 0 Å². The van der Waals surface area contributed by atoms with E-state index in [4.69, 9.17) is 5.73 Å². The lowest BCUT2D eigenvalue weighted by Crippen LogP contribution is -2.44. The van der Waals surface area contributed by atoms with Crippen molar-refractivity contribution >= 4 is 17.2 Å². The van der Waals surface area contributed by atoms with Crippen molar-refractivity contribution in [1.29, 1.82) is 0 Å². The highest BCUT2D eigenvalue weighted by Gasteiger charge is 2.18. The van der Waals surface area contributed by atoms with Gasteiger partial charge in [0, 0.05) is 31.1 Å². The third-order valence-electron chi connectivity index (χ3n) is 2.69. The van der Waals surface area contributed by atoms with Crippen molar-refractivity contribution in [3.8, 4) is 0 Å². The molecular weight excluding hydrogens is 234 g/mol. The maximum absolute atomic E-state index is 12.0. The van der Waals surface area contributed by atoms with Crippen LogP contribution in [0.4, 0.5) is 0 Å². The summed E-state index contributed by atoms with van der Waals surface area (Å²) in [6, 6.07) is -0.351. The van der Waals surface area contributed by atoms with Gasteiger partial charge in [0.05, 0.1) is 11.0 Å². The number of carbonyl (C=O) groups excluding carboxylic acids is 1. The molecular formula is C12H21N3OS. The van der Waals surface area contributed by atoms with Crippen molar-refractivity contribution in [2.45, 2.75) is 39.2 Å². The number of thiazole rings is 1. The van der Waals surface area contributed by atoms with E-state index in [1.807, 2.05) is 24.1 Å². The third-order valence-corrected chi connectivity index (χ3v) is 3.53. The highest BCUT2D eigenvalue weighted by molar-refractivity contribution is 7.09. The van der Waals surface area contributed by atoms with Crippen LogP contribution in [0.5, 0.6) is 0 Å². The average molecular weight is 255 g/mol. The van der Waals surface area contributed by atoms with Crippen LogP contribution < -0.4 is 5.73 Å². The van der Waals surface area contributed by atoms with E-state index in [1.54, 1.807) is 17.5 Å². The summed E-state index contributed by atoms with van der Waals surface area (Å²) in [6.07, 6.45) is 4.31. The number of likely N-dealkylation sites (N-methyl/N-ethyl adjacent to an activating group) is 1. The molecule has 0 radical (unpaired) electrons. The van der Waals surface area contributed by atoms with Crippen LogP contribution in [0.3, 0.4) is 0 Å². The van der Waals surface area contributed by atoms with Crippen LogP contribution in [-0.2, 0) is 11.2 Å². The highest BCUT2D eigenvalue weighted by atomic mass is 32.1. The van der Waals surface area contributed by atoms with E-state index < -0.39 is 0 Å². The molecule has 0 aromatic carbocycles. The van der Waals surface area contributed by atoms with Gasteiger partial charge in [-0.1, -0.05) is 13.3 Å². The molecule has 1 unspecified atom stereocenters. The van der Waals surface area contributed by atoms with Crippen molar-refractivity contribution in [1.82, 2.24) is 9.88 Å². The fourth-order valence-electron chi connectivity index (χ4n) is 1.70. The lowest BCUT2D eigenvalue weighted by Gasteiger charge is -2.23. The Balaban J connectivity index is 2.44. The molecule has 0 saturated heterocycles. The van der Waals surface area contributed by atoms with Gasteiger partial charge >= 0.3 is 0 Å². The predicted octanol–water partition coefficient (Wildman–Crippen LogP) is 1.66. The van der Waals surface area contributed by atoms with Gasteiger partial charge in [0.25, 0.3) is 0 Å². The minimum atomic E-state index is -0.351. The summed E-state index contributed by atoms with van der Waals surface area (Å²) >= 11 is 1.63. The second-order valence-electron chi connectivity index (χ2n) is 3.99. The van der Waals surface area contributed by atoms with E-state index in [1.165, 1.54) is 0 Å². The smallest absolute Gasteiger partial charge is 0.239 e. The monoisotopic (exact) mass is 255 g/mol. The SMILES string of the molecule is CCCC(N)C(=O)N(CC)CCc1nccs1. The number of rotatable bonds is 7. The molecule has 4 nitrogen and oxygen atoms in total. The molecule has 0 aliphatic carbocycles. The molecule has 0 fully saturated rings. The standard InChI is InChI=1S/C12H21N3OS/c1-3-5-10(13)12(16)15(4-2)8-6-11-14-7-9-17-11/h7,9-10H,3-6,8,13H2,1-2H3. The summed E-state index contributed by atoms with van der Waals surface area (Å²) in [7, 11) is 0. The van der Waals surface area contributed by atoms with Crippen molar-refractivity contribution in [3.63, 3.8) is 0 Å². The second kappa shape index (κ2) is 7.40. The number of amides is 1. The van der Waals surface area contributed by atoms with Gasteiger partial charge in [-0.3, -0.25) is 4.79 Å². The molecule has 0 aliphatic heterocycles. The molecule has 96 valence electrons. The summed E-state index contributed by atoms with van der Waals surface area (Å²) in [5.41, 5.74) is 5.85. The van der Waals surface area contributed by atoms with Gasteiger partial charge < -0.3 is 10.6 Å². The van der Waals surface area contributed by atoms with Crippen LogP contribution in [0.2, 0.25) is 0 Å². The fourth-order valence-corrected chi connectivity index (χ4v) is 2.31. The molecule has 5 heteroatoms. The summed E-state index contributed by atoms with van der Waals surface area (Å²) in [4.78, 5) is 18.0. The molecule has 0 saturated carbocycles. The zero-order valence-corrected chi connectivity index (χ0v) is 11.4. The van der Waals surface area contributed by atoms with Crippen molar-refractivity contribution in [3.05, 3.63) is 16.6 Å². The summed E-state index contributed by atoms with van der Waals surface area (Å²) in [5.74, 6) is 0.0610. The first kappa shape index (κ1) is 14.1. The Hall–Kier alpha value is -0.940. The van der Waals surface area contributed by atoms with Gasteiger partial charge in [0.2, 0.25) is 5.91 Å². The Kier molecular flexibility index (Phi) is 6.15. The summed E-state index contributed by atoms with van der Waals surface area (Å²) < 4.78 is 0. The molecule has 0 spiro atoms. The van der Waals surface area contributed by atoms with E-state index in [9.17, 15) is 4.79 Å². The normalized spacial score (nSPS) is 12.4. The van der Waals surface area contributed by atoms with Gasteiger partial charge in [-0.25, -0.2) is 4.98 Å². The van der Waals surface area contributed by atoms with Gasteiger partial charge in [-0.2, -0.15) is 0 Å². The Morgan fingerprint density at radius 2 is 2.35 bits per heavy atom. The van der Waals surface area contributed by atoms with Crippen LogP contribution in [-0.4, -0.2) is 34.9 Å². The topological polar surface area (TPSA) is 59.2 Å². The minimum Gasteiger partial charge on any atom is -0.341 e. The van der Waals surface area contributed by atoms with Crippen LogP contribution in [0.25, 0.3) is 0 Å². The number of hydrogen-bond acceptors (Lipinski definition) is 4. The Labute approximate surface area is 107 Å². The van der Waals surface area contributed by atoms with Crippen molar-refractivity contribution in [2.75, 3.05) is 13.1 Å². The molecule has 1 atom stereocenters. The first-order valence-electron chi connectivity index (χ1n) is 6.11. The second-order valence-corrected chi connectivity index (χ2v) is 4.97. The molecule has 17 heavy (non-hydrogen) atoms. The van der Waals surface area contributed by atoms with Crippen molar-refractivity contribution < 1.29 is 4.79 Å². The van der Waals surface area contributed by atoms with Crippen molar-refractivity contribution in [2.24, 2.45) is 5.73 Å². The van der Waals surface area contributed by atoms with E-state index in [2.05, 4.69) is 4.98 Å². The van der Waals surface area contributed by atoms with E-state index in [0.29, 0.717) is 13.1 Å². The maximum atomic E-state index is 12.0. The fraction of sp³-hybridized carbons (Fsp3) is 0.667. The Bertz CT molecular complexity index is 327. The van der Waals surface area contributed by atoms with E-state index >= 15 is 0 Å². The average Bonchev–Trinajstić information content (AvgIpc) is 2.83. The minimum absolute atomic E-state index is 0.0610. The molecule has 1 aromatic rings. The molecule has 2 N–H and O–H groups in total. The largest absolute Gasteiger partial charge is 0.341 e. The molecule has 0 aliphatic rings. The van der Waals surface area contributed by atoms with Crippen LogP contribution in [0, 0.1) is 0 Å². The number of nitrogens with two attached hydrogens (primary N) is 1. The predicted molar refractivity (Wildman–Crippen MR) is 71.0 cm³/mol. The number of nitrogens with zero attached hydrogens (tertiary/aromatic N) is 2. The first-order chi connectivity index (χ1) is 8.19. The molecule has 0 bridgehead atoms. The first-order valence-corrected chi connectivity index (χ1v) is 6.99. The zero-order valence-electron chi connectivity index (χ0n) is 10.6. The van der Waals surface area contributed by atoms with Crippen LogP contribution in [0.15, 0.2) is 11.6 Å². The summed E-state index contributed by atoms with van der Waals surface area (Å²) in [5, 5.41) is 3.02. The van der Waals surface area contributed by atoms with E-state index in [0.717, 1.165) is 24.3 Å². The Morgan fingerprint density at radius 1 is 1.59 bits per heavy atom. The van der Waals surface area contributed by atoms with Crippen LogP contribution in [0.1, 0.15) is 31.7 Å². The molecule has 1 amide bonds. The van der Waals surface area contributed by atoms with Gasteiger partial charge in [0.15, 0.2) is 0 Å². The zero-order chi connectivity index (χ0) is 12.7. The molecule has 1 aromatic heterocycles. The van der Waals surface area contributed by atoms with Crippen LogP contribution >= 0.6 is 11.3 Å². The summed E-state index contributed by atoms with van der Waals surface area (Å²) in [6.45, 7) is 5.44. The molecule has 1 rings (SSSR count). The number of carbonyl (C=O) groups is 1. The highest BCUT2D eigenvalue weighted by Crippen LogP contribution is 2.07. The van der Waals surface area contributed by atoms with Gasteiger partial charge in [-0.05, 0) is 13.3 Å². The van der Waals surface area contributed by atoms with E-state index in [-0.39, 0.29) is 11.9 Å². The number of aromatic nitrogens is 1.